The van der Waals surface area contributed by atoms with Gasteiger partial charge in [0.15, 0.2) is 0 Å². The molecule has 0 aromatic carbocycles. The van der Waals surface area contributed by atoms with Gasteiger partial charge >= 0.3 is 5.97 Å². The van der Waals surface area contributed by atoms with Crippen molar-refractivity contribution in [1.29, 1.82) is 0 Å². The lowest BCUT2D eigenvalue weighted by atomic mass is 10.2. The van der Waals surface area contributed by atoms with Crippen molar-refractivity contribution in [3.05, 3.63) is 38.8 Å². The first-order valence-corrected chi connectivity index (χ1v) is 6.62. The predicted molar refractivity (Wildman–Crippen MR) is 76.5 cm³/mol. The number of pyridine rings is 1. The fraction of sp³-hybridized carbons (Fsp3) is 0.462. The Bertz CT molecular complexity index is 639. The Morgan fingerprint density at radius 2 is 2.09 bits per heavy atom. The Morgan fingerprint density at radius 1 is 1.45 bits per heavy atom. The van der Waals surface area contributed by atoms with E-state index in [0.29, 0.717) is 6.42 Å². The first-order chi connectivity index (χ1) is 10.3. The van der Waals surface area contributed by atoms with Gasteiger partial charge in [0.1, 0.15) is 13.1 Å². The standard InChI is InChI=1S/C13H17N3O6/c1-3-9(2)15(8-13(19)20)12(18)7-14-6-10(16(21)22)4-5-11(14)17/h4-6,9H,3,7-8H2,1-2H3,(H,19,20). The maximum Gasteiger partial charge on any atom is 0.323 e. The van der Waals surface area contributed by atoms with Gasteiger partial charge in [0, 0.05) is 18.2 Å². The van der Waals surface area contributed by atoms with Crippen molar-refractivity contribution in [3.63, 3.8) is 0 Å². The summed E-state index contributed by atoms with van der Waals surface area (Å²) in [6, 6.07) is 1.72. The summed E-state index contributed by atoms with van der Waals surface area (Å²) in [5, 5.41) is 19.6. The van der Waals surface area contributed by atoms with Gasteiger partial charge in [-0.05, 0) is 13.3 Å². The molecular formula is C13H17N3O6. The van der Waals surface area contributed by atoms with Gasteiger partial charge in [-0.15, -0.1) is 0 Å². The molecule has 1 heterocycles. The average Bonchev–Trinajstić information content (AvgIpc) is 2.45. The Hall–Kier alpha value is -2.71. The quantitative estimate of drug-likeness (QED) is 0.576. The van der Waals surface area contributed by atoms with Gasteiger partial charge < -0.3 is 10.0 Å². The molecule has 1 unspecified atom stereocenters. The molecule has 0 fully saturated rings. The number of aliphatic carboxylic acids is 1. The van der Waals surface area contributed by atoms with Gasteiger partial charge in [-0.25, -0.2) is 0 Å². The first kappa shape index (κ1) is 17.3. The van der Waals surface area contributed by atoms with Gasteiger partial charge in [0.2, 0.25) is 5.91 Å². The maximum atomic E-state index is 12.2. The summed E-state index contributed by atoms with van der Waals surface area (Å²) >= 11 is 0. The summed E-state index contributed by atoms with van der Waals surface area (Å²) in [7, 11) is 0. The topological polar surface area (TPSA) is 123 Å². The van der Waals surface area contributed by atoms with Crippen LogP contribution in [0.3, 0.4) is 0 Å². The van der Waals surface area contributed by atoms with E-state index in [1.54, 1.807) is 13.8 Å². The summed E-state index contributed by atoms with van der Waals surface area (Å²) in [6.45, 7) is 2.55. The molecule has 0 spiro atoms. The highest BCUT2D eigenvalue weighted by atomic mass is 16.6. The second kappa shape index (κ2) is 7.34. The van der Waals surface area contributed by atoms with Gasteiger partial charge in [-0.3, -0.25) is 29.1 Å². The highest BCUT2D eigenvalue weighted by Crippen LogP contribution is 2.08. The van der Waals surface area contributed by atoms with Gasteiger partial charge in [-0.1, -0.05) is 6.92 Å². The second-order valence-electron chi connectivity index (χ2n) is 4.78. The zero-order valence-corrected chi connectivity index (χ0v) is 12.3. The van der Waals surface area contributed by atoms with Crippen LogP contribution in [-0.4, -0.2) is 44.0 Å². The van der Waals surface area contributed by atoms with Crippen LogP contribution < -0.4 is 5.56 Å². The number of aromatic nitrogens is 1. The molecule has 0 radical (unpaired) electrons. The largest absolute Gasteiger partial charge is 0.480 e. The molecule has 9 nitrogen and oxygen atoms in total. The van der Waals surface area contributed by atoms with Gasteiger partial charge in [-0.2, -0.15) is 0 Å². The first-order valence-electron chi connectivity index (χ1n) is 6.62. The third kappa shape index (κ3) is 4.40. The lowest BCUT2D eigenvalue weighted by Gasteiger charge is -2.27. The monoisotopic (exact) mass is 311 g/mol. The molecule has 0 aliphatic carbocycles. The van der Waals surface area contributed by atoms with Crippen molar-refractivity contribution in [2.45, 2.75) is 32.9 Å². The van der Waals surface area contributed by atoms with Crippen LogP contribution in [0.1, 0.15) is 20.3 Å². The van der Waals surface area contributed by atoms with Crippen LogP contribution >= 0.6 is 0 Å². The van der Waals surface area contributed by atoms with E-state index in [1.807, 2.05) is 0 Å². The SMILES string of the molecule is CCC(C)N(CC(=O)O)C(=O)Cn1cc([N+](=O)[O-])ccc1=O. The van der Waals surface area contributed by atoms with E-state index >= 15 is 0 Å². The van der Waals surface area contributed by atoms with Crippen molar-refractivity contribution < 1.29 is 19.6 Å². The fourth-order valence-electron chi connectivity index (χ4n) is 1.84. The number of amides is 1. The van der Waals surface area contributed by atoms with Crippen LogP contribution in [0.25, 0.3) is 0 Å². The van der Waals surface area contributed by atoms with E-state index in [1.165, 1.54) is 0 Å². The van der Waals surface area contributed by atoms with E-state index in [2.05, 4.69) is 0 Å². The third-order valence-corrected chi connectivity index (χ3v) is 3.23. The predicted octanol–water partition coefficient (Wildman–Crippen LogP) is 0.468. The number of carboxylic acids is 1. The van der Waals surface area contributed by atoms with Gasteiger partial charge in [0.25, 0.3) is 11.2 Å². The lowest BCUT2D eigenvalue weighted by molar-refractivity contribution is -0.385. The molecule has 9 heteroatoms. The molecular weight excluding hydrogens is 294 g/mol. The minimum absolute atomic E-state index is 0.319. The molecule has 1 amide bonds. The third-order valence-electron chi connectivity index (χ3n) is 3.23. The van der Waals surface area contributed by atoms with E-state index < -0.39 is 35.4 Å². The zero-order valence-electron chi connectivity index (χ0n) is 12.3. The van der Waals surface area contributed by atoms with Crippen molar-refractivity contribution in [3.8, 4) is 0 Å². The van der Waals surface area contributed by atoms with Crippen LogP contribution in [0.4, 0.5) is 5.69 Å². The Balaban J connectivity index is 3.03. The minimum atomic E-state index is -1.17. The summed E-state index contributed by atoms with van der Waals surface area (Å²) in [5.74, 6) is -1.75. The number of hydrogen-bond donors (Lipinski definition) is 1. The molecule has 120 valence electrons. The molecule has 1 atom stereocenters. The van der Waals surface area contributed by atoms with Crippen molar-refractivity contribution in [1.82, 2.24) is 9.47 Å². The minimum Gasteiger partial charge on any atom is -0.480 e. The van der Waals surface area contributed by atoms with E-state index in [4.69, 9.17) is 5.11 Å². The molecule has 1 rings (SSSR count). The summed E-state index contributed by atoms with van der Waals surface area (Å²) in [5.41, 5.74) is -0.890. The van der Waals surface area contributed by atoms with Gasteiger partial charge in [0.05, 0.1) is 11.1 Å². The van der Waals surface area contributed by atoms with Crippen molar-refractivity contribution in [2.24, 2.45) is 0 Å². The molecule has 1 aromatic rings. The molecule has 0 saturated carbocycles. The molecule has 1 N–H and O–H groups in total. The van der Waals surface area contributed by atoms with Crippen LogP contribution in [0, 0.1) is 10.1 Å². The van der Waals surface area contributed by atoms with Crippen LogP contribution in [0.15, 0.2) is 23.1 Å². The summed E-state index contributed by atoms with van der Waals surface area (Å²) < 4.78 is 0.900. The molecule has 0 aliphatic heterocycles. The zero-order chi connectivity index (χ0) is 16.9. The number of carboxylic acid groups (broad SMARTS) is 1. The normalized spacial score (nSPS) is 11.7. The number of nitro groups is 1. The van der Waals surface area contributed by atoms with Crippen molar-refractivity contribution >= 4 is 17.6 Å². The highest BCUT2D eigenvalue weighted by molar-refractivity contribution is 5.81. The molecule has 22 heavy (non-hydrogen) atoms. The average molecular weight is 311 g/mol. The van der Waals surface area contributed by atoms with E-state index in [-0.39, 0.29) is 11.7 Å². The second-order valence-corrected chi connectivity index (χ2v) is 4.78. The molecule has 0 aliphatic rings. The maximum absolute atomic E-state index is 12.2. The van der Waals surface area contributed by atoms with Crippen molar-refractivity contribution in [2.75, 3.05) is 6.54 Å². The Kier molecular flexibility index (Phi) is 5.79. The van der Waals surface area contributed by atoms with E-state index in [9.17, 15) is 24.5 Å². The molecule has 0 saturated heterocycles. The molecule has 1 aromatic heterocycles. The smallest absolute Gasteiger partial charge is 0.323 e. The number of nitrogens with zero attached hydrogens (tertiary/aromatic N) is 3. The number of carbonyl (C=O) groups excluding carboxylic acids is 1. The lowest BCUT2D eigenvalue weighted by Crippen LogP contribution is -2.44. The van der Waals surface area contributed by atoms with Crippen LogP contribution in [-0.2, 0) is 16.1 Å². The fourth-order valence-corrected chi connectivity index (χ4v) is 1.84. The molecule has 0 bridgehead atoms. The summed E-state index contributed by atoms with van der Waals surface area (Å²) in [6.07, 6.45) is 1.51. The Morgan fingerprint density at radius 3 is 2.59 bits per heavy atom. The van der Waals surface area contributed by atoms with E-state index in [0.717, 1.165) is 27.8 Å². The number of carbonyl (C=O) groups is 2. The van der Waals surface area contributed by atoms with Crippen LogP contribution in [0.5, 0.6) is 0 Å². The highest BCUT2D eigenvalue weighted by Gasteiger charge is 2.22. The number of rotatable bonds is 7. The van der Waals surface area contributed by atoms with Crippen LogP contribution in [0.2, 0.25) is 0 Å². The summed E-state index contributed by atoms with van der Waals surface area (Å²) in [4.78, 5) is 45.9. The Labute approximate surface area is 125 Å². The number of hydrogen-bond acceptors (Lipinski definition) is 5.